The molecule has 0 aliphatic heterocycles. The van der Waals surface area contributed by atoms with Crippen LogP contribution in [0.2, 0.25) is 0 Å². The molecule has 0 fully saturated rings. The summed E-state index contributed by atoms with van der Waals surface area (Å²) in [6.07, 6.45) is 0.501. The lowest BCUT2D eigenvalue weighted by atomic mass is 10.1. The Kier molecular flexibility index (Phi) is 8.51. The lowest BCUT2D eigenvalue weighted by Gasteiger charge is -2.31. The molecule has 0 radical (unpaired) electrons. The van der Waals surface area contributed by atoms with E-state index in [0.29, 0.717) is 6.42 Å². The fourth-order valence-corrected chi connectivity index (χ4v) is 3.64. The van der Waals surface area contributed by atoms with E-state index in [2.05, 4.69) is 5.32 Å². The van der Waals surface area contributed by atoms with Crippen LogP contribution in [-0.4, -0.2) is 34.6 Å². The second-order valence-corrected chi connectivity index (χ2v) is 7.89. The van der Waals surface area contributed by atoms with Gasteiger partial charge < -0.3 is 10.2 Å². The van der Waals surface area contributed by atoms with Gasteiger partial charge in [0, 0.05) is 17.5 Å². The highest BCUT2D eigenvalue weighted by Gasteiger charge is 2.28. The predicted molar refractivity (Wildman–Crippen MR) is 111 cm³/mol. The summed E-state index contributed by atoms with van der Waals surface area (Å²) in [5, 5.41) is 2.90. The summed E-state index contributed by atoms with van der Waals surface area (Å²) >= 11 is 1.44. The van der Waals surface area contributed by atoms with Crippen LogP contribution in [0.25, 0.3) is 0 Å². The number of rotatable bonds is 9. The molecule has 1 N–H and O–H groups in total. The van der Waals surface area contributed by atoms with Gasteiger partial charge in [-0.2, -0.15) is 0 Å². The summed E-state index contributed by atoms with van der Waals surface area (Å²) in [6.45, 7) is 5.93. The van der Waals surface area contributed by atoms with E-state index in [1.54, 1.807) is 17.0 Å². The van der Waals surface area contributed by atoms with Crippen molar-refractivity contribution in [1.29, 1.82) is 0 Å². The number of thioether (sulfide) groups is 1. The molecule has 4 nitrogen and oxygen atoms in total. The number of hydrogen-bond acceptors (Lipinski definition) is 3. The topological polar surface area (TPSA) is 49.4 Å². The fourth-order valence-electron chi connectivity index (χ4n) is 2.83. The molecule has 2 amide bonds. The van der Waals surface area contributed by atoms with Gasteiger partial charge in [0.05, 0.1) is 5.75 Å². The molecule has 0 heterocycles. The number of carbonyl (C=O) groups excluding carboxylic acids is 2. The zero-order valence-corrected chi connectivity index (χ0v) is 17.3. The summed E-state index contributed by atoms with van der Waals surface area (Å²) < 4.78 is 13.2. The van der Waals surface area contributed by atoms with Crippen molar-refractivity contribution >= 4 is 23.6 Å². The molecule has 0 saturated carbocycles. The van der Waals surface area contributed by atoms with Gasteiger partial charge in [-0.3, -0.25) is 9.59 Å². The molecule has 6 heteroatoms. The van der Waals surface area contributed by atoms with Crippen LogP contribution < -0.4 is 5.32 Å². The minimum atomic E-state index is -0.573. The van der Waals surface area contributed by atoms with Crippen LogP contribution >= 0.6 is 11.8 Å². The van der Waals surface area contributed by atoms with E-state index in [1.165, 1.54) is 23.9 Å². The van der Waals surface area contributed by atoms with E-state index in [1.807, 2.05) is 51.1 Å². The number of hydrogen-bond donors (Lipinski definition) is 1. The molecule has 2 aromatic carbocycles. The van der Waals surface area contributed by atoms with Crippen LogP contribution in [0, 0.1) is 5.82 Å². The minimum absolute atomic E-state index is 0.0111. The SMILES string of the molecule is CCC(C(=O)NC(C)C)N(Cc1ccc(F)cc1)C(=O)CSc1ccccc1. The van der Waals surface area contributed by atoms with Crippen LogP contribution in [0.3, 0.4) is 0 Å². The summed E-state index contributed by atoms with van der Waals surface area (Å²) in [4.78, 5) is 28.3. The molecule has 150 valence electrons. The molecule has 2 aromatic rings. The Morgan fingerprint density at radius 2 is 1.71 bits per heavy atom. The van der Waals surface area contributed by atoms with E-state index in [9.17, 15) is 14.0 Å². The molecule has 0 spiro atoms. The summed E-state index contributed by atoms with van der Waals surface area (Å²) in [6, 6.07) is 15.1. The third-order valence-corrected chi connectivity index (χ3v) is 5.19. The summed E-state index contributed by atoms with van der Waals surface area (Å²) in [5.74, 6) is -0.385. The van der Waals surface area contributed by atoms with Crippen LogP contribution in [0.15, 0.2) is 59.5 Å². The maximum atomic E-state index is 13.2. The maximum absolute atomic E-state index is 13.2. The molecule has 0 saturated heterocycles. The fraction of sp³-hybridized carbons (Fsp3) is 0.364. The average molecular weight is 403 g/mol. The summed E-state index contributed by atoms with van der Waals surface area (Å²) in [7, 11) is 0. The maximum Gasteiger partial charge on any atom is 0.243 e. The highest BCUT2D eigenvalue weighted by Crippen LogP contribution is 2.20. The van der Waals surface area contributed by atoms with Gasteiger partial charge in [0.1, 0.15) is 11.9 Å². The van der Waals surface area contributed by atoms with Crippen LogP contribution in [0.5, 0.6) is 0 Å². The number of nitrogens with zero attached hydrogens (tertiary/aromatic N) is 1. The lowest BCUT2D eigenvalue weighted by molar-refractivity contribution is -0.139. The van der Waals surface area contributed by atoms with Gasteiger partial charge in [-0.15, -0.1) is 11.8 Å². The first kappa shape index (κ1) is 22.0. The highest BCUT2D eigenvalue weighted by atomic mass is 32.2. The van der Waals surface area contributed by atoms with Crippen molar-refractivity contribution in [3.63, 3.8) is 0 Å². The smallest absolute Gasteiger partial charge is 0.243 e. The number of halogens is 1. The Balaban J connectivity index is 2.18. The molecule has 0 aromatic heterocycles. The number of nitrogens with one attached hydrogen (secondary N) is 1. The van der Waals surface area contributed by atoms with Crippen LogP contribution in [-0.2, 0) is 16.1 Å². The van der Waals surface area contributed by atoms with E-state index >= 15 is 0 Å². The normalized spacial score (nSPS) is 11.9. The van der Waals surface area contributed by atoms with Crippen molar-refractivity contribution in [3.05, 3.63) is 66.0 Å². The Labute approximate surface area is 170 Å². The molecule has 1 atom stereocenters. The Morgan fingerprint density at radius 3 is 2.29 bits per heavy atom. The van der Waals surface area contributed by atoms with Gasteiger partial charge in [-0.05, 0) is 50.1 Å². The molecule has 0 aliphatic carbocycles. The third-order valence-electron chi connectivity index (χ3n) is 4.19. The monoisotopic (exact) mass is 402 g/mol. The van der Waals surface area contributed by atoms with E-state index < -0.39 is 6.04 Å². The first-order valence-electron chi connectivity index (χ1n) is 9.42. The van der Waals surface area contributed by atoms with Crippen LogP contribution in [0.4, 0.5) is 4.39 Å². The number of benzene rings is 2. The third kappa shape index (κ3) is 6.68. The molecular weight excluding hydrogens is 375 g/mol. The zero-order chi connectivity index (χ0) is 20.5. The first-order chi connectivity index (χ1) is 13.4. The molecule has 0 aliphatic rings. The van der Waals surface area contributed by atoms with Crippen LogP contribution in [0.1, 0.15) is 32.8 Å². The van der Waals surface area contributed by atoms with Crippen molar-refractivity contribution in [2.75, 3.05) is 5.75 Å². The first-order valence-corrected chi connectivity index (χ1v) is 10.4. The van der Waals surface area contributed by atoms with E-state index in [4.69, 9.17) is 0 Å². The summed E-state index contributed by atoms with van der Waals surface area (Å²) in [5.41, 5.74) is 0.787. The largest absolute Gasteiger partial charge is 0.352 e. The standard InChI is InChI=1S/C22H27FN2O2S/c1-4-20(22(27)24-16(2)3)25(14-17-10-12-18(23)13-11-17)21(26)15-28-19-8-6-5-7-9-19/h5-13,16,20H,4,14-15H2,1-3H3,(H,24,27). The van der Waals surface area contributed by atoms with Crippen molar-refractivity contribution in [2.24, 2.45) is 0 Å². The molecule has 2 rings (SSSR count). The second kappa shape index (κ2) is 10.9. The van der Waals surface area contributed by atoms with E-state index in [0.717, 1.165) is 10.5 Å². The highest BCUT2D eigenvalue weighted by molar-refractivity contribution is 8.00. The number of carbonyl (C=O) groups is 2. The van der Waals surface area contributed by atoms with Crippen molar-refractivity contribution in [2.45, 2.75) is 50.7 Å². The number of amides is 2. The Bertz CT molecular complexity index is 766. The van der Waals surface area contributed by atoms with Gasteiger partial charge in [0.2, 0.25) is 11.8 Å². The molecule has 28 heavy (non-hydrogen) atoms. The van der Waals surface area contributed by atoms with E-state index in [-0.39, 0.29) is 36.0 Å². The Hall–Kier alpha value is -2.34. The van der Waals surface area contributed by atoms with Crippen molar-refractivity contribution < 1.29 is 14.0 Å². The van der Waals surface area contributed by atoms with Crippen molar-refractivity contribution in [3.8, 4) is 0 Å². The van der Waals surface area contributed by atoms with Gasteiger partial charge in [0.25, 0.3) is 0 Å². The average Bonchev–Trinajstić information content (AvgIpc) is 2.67. The van der Waals surface area contributed by atoms with Crippen molar-refractivity contribution in [1.82, 2.24) is 10.2 Å². The lowest BCUT2D eigenvalue weighted by Crippen LogP contribution is -2.50. The molecular formula is C22H27FN2O2S. The van der Waals surface area contributed by atoms with Gasteiger partial charge in [-0.1, -0.05) is 37.3 Å². The predicted octanol–water partition coefficient (Wildman–Crippen LogP) is 4.25. The quantitative estimate of drug-likeness (QED) is 0.638. The zero-order valence-electron chi connectivity index (χ0n) is 16.5. The van der Waals surface area contributed by atoms with Gasteiger partial charge in [0.15, 0.2) is 0 Å². The molecule has 0 bridgehead atoms. The minimum Gasteiger partial charge on any atom is -0.352 e. The second-order valence-electron chi connectivity index (χ2n) is 6.84. The van der Waals surface area contributed by atoms with Gasteiger partial charge >= 0.3 is 0 Å². The Morgan fingerprint density at radius 1 is 1.07 bits per heavy atom. The van der Waals surface area contributed by atoms with Gasteiger partial charge in [-0.25, -0.2) is 4.39 Å². The molecule has 1 unspecified atom stereocenters.